The fourth-order valence-corrected chi connectivity index (χ4v) is 4.54. The number of hydrogen-bond acceptors (Lipinski definition) is 1. The minimum atomic E-state index is -0.431. The average Bonchev–Trinajstić information content (AvgIpc) is 2.81. The van der Waals surface area contributed by atoms with Crippen LogP contribution in [0, 0.1) is 0 Å². The number of benzene rings is 1. The van der Waals surface area contributed by atoms with Gasteiger partial charge >= 0.3 is 101 Å². The molecule has 1 aromatic carbocycles. The Kier molecular flexibility index (Phi) is 4.00. The summed E-state index contributed by atoms with van der Waals surface area (Å²) in [6, 6.07) is 10.4. The average molecular weight is 314 g/mol. The van der Waals surface area contributed by atoms with Crippen LogP contribution in [-0.2, 0) is 4.79 Å². The molecule has 78 valence electrons. The van der Waals surface area contributed by atoms with Crippen LogP contribution in [0.3, 0.4) is 0 Å². The van der Waals surface area contributed by atoms with E-state index in [1.54, 1.807) is 0 Å². The van der Waals surface area contributed by atoms with Gasteiger partial charge in [0.2, 0.25) is 0 Å². The molecule has 1 fully saturated rings. The zero-order valence-corrected chi connectivity index (χ0v) is 10.9. The minimum absolute atomic E-state index is 0.431. The fraction of sp³-hybridized carbons (Fsp3) is 0.308. The Balaban J connectivity index is 2.15. The Bertz CT molecular complexity index is 359. The summed E-state index contributed by atoms with van der Waals surface area (Å²) in [4.78, 5) is 11.1. The van der Waals surface area contributed by atoms with E-state index in [9.17, 15) is 4.79 Å². The molecule has 0 heterocycles. The van der Waals surface area contributed by atoms with Crippen molar-refractivity contribution in [3.63, 3.8) is 0 Å². The molecular weight excluding hydrogens is 300 g/mol. The molecule has 1 aliphatic rings. The first-order valence-electron chi connectivity index (χ1n) is 5.30. The van der Waals surface area contributed by atoms with E-state index in [1.807, 2.05) is 6.07 Å². The summed E-state index contributed by atoms with van der Waals surface area (Å²) >= 11 is -0.431. The van der Waals surface area contributed by atoms with Crippen LogP contribution in [0.1, 0.15) is 25.7 Å². The zero-order chi connectivity index (χ0) is 10.5. The molecule has 2 rings (SSSR count). The van der Waals surface area contributed by atoms with Crippen LogP contribution in [-0.4, -0.2) is 27.2 Å². The van der Waals surface area contributed by atoms with Gasteiger partial charge in [0.15, 0.2) is 0 Å². The first-order valence-corrected chi connectivity index (χ1v) is 7.63. The van der Waals surface area contributed by atoms with Crippen LogP contribution >= 0.6 is 0 Å². The molecule has 0 unspecified atom stereocenters. The normalized spacial score (nSPS) is 15.3. The van der Waals surface area contributed by atoms with Crippen LogP contribution in [0.25, 0.3) is 0 Å². The van der Waals surface area contributed by atoms with Gasteiger partial charge in [-0.3, -0.25) is 0 Å². The number of rotatable bonds is 3. The summed E-state index contributed by atoms with van der Waals surface area (Å²) in [6.07, 6.45) is 5.97. The van der Waals surface area contributed by atoms with Crippen molar-refractivity contribution < 1.29 is 4.79 Å². The second kappa shape index (κ2) is 5.49. The van der Waals surface area contributed by atoms with Gasteiger partial charge < -0.3 is 0 Å². The van der Waals surface area contributed by atoms with Crippen molar-refractivity contribution in [1.82, 2.24) is 0 Å². The van der Waals surface area contributed by atoms with Gasteiger partial charge in [0, 0.05) is 0 Å². The Morgan fingerprint density at radius 1 is 1.13 bits per heavy atom. The topological polar surface area (TPSA) is 17.1 Å². The van der Waals surface area contributed by atoms with E-state index in [2.05, 4.69) is 24.3 Å². The van der Waals surface area contributed by atoms with Crippen molar-refractivity contribution in [1.29, 1.82) is 0 Å². The molecule has 15 heavy (non-hydrogen) atoms. The number of carbonyl (C=O) groups is 1. The second-order valence-corrected chi connectivity index (χ2v) is 6.89. The van der Waals surface area contributed by atoms with Crippen LogP contribution in [0.4, 0.5) is 0 Å². The predicted molar refractivity (Wildman–Crippen MR) is 63.4 cm³/mol. The Labute approximate surface area is 101 Å². The van der Waals surface area contributed by atoms with Gasteiger partial charge in [-0.15, -0.1) is 0 Å². The Morgan fingerprint density at radius 3 is 2.40 bits per heavy atom. The molecule has 0 radical (unpaired) electrons. The van der Waals surface area contributed by atoms with E-state index in [4.69, 9.17) is 0 Å². The van der Waals surface area contributed by atoms with Crippen molar-refractivity contribution in [3.8, 4) is 0 Å². The summed E-state index contributed by atoms with van der Waals surface area (Å²) in [5.74, 6) is 0. The van der Waals surface area contributed by atoms with Crippen molar-refractivity contribution in [2.45, 2.75) is 25.7 Å². The van der Waals surface area contributed by atoms with E-state index >= 15 is 0 Å². The third kappa shape index (κ3) is 2.93. The fourth-order valence-electron chi connectivity index (χ4n) is 1.84. The van der Waals surface area contributed by atoms with Crippen LogP contribution < -0.4 is 3.61 Å². The summed E-state index contributed by atoms with van der Waals surface area (Å²) < 4.78 is 2.51. The molecule has 0 amide bonds. The van der Waals surface area contributed by atoms with Gasteiger partial charge in [-0.1, -0.05) is 0 Å². The molecule has 0 N–H and O–H groups in total. The van der Waals surface area contributed by atoms with Crippen LogP contribution in [0.15, 0.2) is 39.5 Å². The molecule has 0 aromatic heterocycles. The van der Waals surface area contributed by atoms with Gasteiger partial charge in [0.05, 0.1) is 0 Å². The zero-order valence-electron chi connectivity index (χ0n) is 8.61. The van der Waals surface area contributed by atoms with Crippen LogP contribution in [0.5, 0.6) is 0 Å². The molecule has 0 bridgehead atoms. The van der Waals surface area contributed by atoms with E-state index in [-0.39, 0.29) is 0 Å². The Hall–Kier alpha value is -0.580. The van der Waals surface area contributed by atoms with Crippen molar-refractivity contribution in [2.24, 2.45) is 0 Å². The van der Waals surface area contributed by atoms with E-state index < -0.39 is 20.9 Å². The third-order valence-corrected chi connectivity index (χ3v) is 5.81. The van der Waals surface area contributed by atoms with Gasteiger partial charge in [0.25, 0.3) is 0 Å². The van der Waals surface area contributed by atoms with Gasteiger partial charge in [-0.2, -0.15) is 0 Å². The van der Waals surface area contributed by atoms with E-state index in [1.165, 1.54) is 22.0 Å². The number of allylic oxidation sites excluding steroid dienone is 2. The molecule has 1 aliphatic carbocycles. The second-order valence-electron chi connectivity index (χ2n) is 3.71. The molecule has 0 aliphatic heterocycles. The number of aldehydes is 1. The quantitative estimate of drug-likeness (QED) is 0.474. The maximum atomic E-state index is 11.1. The van der Waals surface area contributed by atoms with Gasteiger partial charge in [0.1, 0.15) is 0 Å². The summed E-state index contributed by atoms with van der Waals surface area (Å²) in [7, 11) is 0. The van der Waals surface area contributed by atoms with Crippen LogP contribution in [0.2, 0.25) is 0 Å². The number of carbonyl (C=O) groups excluding carboxylic acids is 1. The molecule has 2 heteroatoms. The summed E-state index contributed by atoms with van der Waals surface area (Å²) in [6.45, 7) is 0. The Morgan fingerprint density at radius 2 is 1.80 bits per heavy atom. The van der Waals surface area contributed by atoms with Crippen molar-refractivity contribution >= 4 is 30.8 Å². The summed E-state index contributed by atoms with van der Waals surface area (Å²) in [5.41, 5.74) is 1.44. The van der Waals surface area contributed by atoms with Crippen molar-refractivity contribution in [3.05, 3.63) is 39.5 Å². The van der Waals surface area contributed by atoms with E-state index in [0.29, 0.717) is 0 Å². The first kappa shape index (κ1) is 10.9. The molecule has 0 atom stereocenters. The monoisotopic (exact) mass is 316 g/mol. The van der Waals surface area contributed by atoms with Gasteiger partial charge in [-0.05, 0) is 0 Å². The molecule has 0 saturated heterocycles. The standard InChI is InChI=1S/C13H14OTe/c14-10-13(11-6-4-5-7-11)15-12-8-2-1-3-9-12/h1-3,8-10H,4-7H2. The molecule has 1 saturated carbocycles. The number of hydrogen-bond donors (Lipinski definition) is 0. The van der Waals surface area contributed by atoms with Crippen molar-refractivity contribution in [2.75, 3.05) is 0 Å². The van der Waals surface area contributed by atoms with E-state index in [0.717, 1.165) is 22.7 Å². The molecule has 1 nitrogen and oxygen atoms in total. The SMILES string of the molecule is O=CC([Te]c1ccccc1)=C1CCCC1. The third-order valence-electron chi connectivity index (χ3n) is 2.63. The molecule has 0 spiro atoms. The predicted octanol–water partition coefficient (Wildman–Crippen LogP) is 2.04. The summed E-state index contributed by atoms with van der Waals surface area (Å²) in [5, 5.41) is 0. The molecular formula is C13H14OTe. The maximum absolute atomic E-state index is 11.1. The first-order chi connectivity index (χ1) is 7.40. The molecule has 1 aromatic rings. The van der Waals surface area contributed by atoms with Gasteiger partial charge in [-0.25, -0.2) is 0 Å².